The number of nitrogens with two attached hydrogens (primary N) is 2. The van der Waals surface area contributed by atoms with Crippen molar-refractivity contribution in [3.8, 4) is 11.4 Å². The number of hydrogen-bond donors (Lipinski definition) is 4. The van der Waals surface area contributed by atoms with E-state index in [0.29, 0.717) is 36.2 Å². The van der Waals surface area contributed by atoms with Gasteiger partial charge in [0.2, 0.25) is 10.0 Å². The molecule has 2 aromatic rings. The largest absolute Gasteiger partial charge is 0.330 e. The van der Waals surface area contributed by atoms with Crippen LogP contribution in [0.4, 0.5) is 0 Å². The molecular weight excluding hydrogens is 414 g/mol. The zero-order valence-electron chi connectivity index (χ0n) is 17.9. The van der Waals surface area contributed by atoms with Gasteiger partial charge in [0.15, 0.2) is 5.82 Å². The van der Waals surface area contributed by atoms with Crippen LogP contribution in [0.3, 0.4) is 0 Å². The van der Waals surface area contributed by atoms with Gasteiger partial charge in [0.05, 0.1) is 4.90 Å². The van der Waals surface area contributed by atoms with Crippen LogP contribution in [0.25, 0.3) is 11.4 Å². The summed E-state index contributed by atoms with van der Waals surface area (Å²) >= 11 is 0. The van der Waals surface area contributed by atoms with Crippen LogP contribution in [-0.4, -0.2) is 48.7 Å². The molecule has 1 aliphatic heterocycles. The lowest BCUT2D eigenvalue weighted by molar-refractivity contribution is 0.332. The average Bonchev–Trinajstić information content (AvgIpc) is 3.32. The van der Waals surface area contributed by atoms with Gasteiger partial charge in [0, 0.05) is 5.56 Å². The molecule has 4 rings (SSSR count). The zero-order chi connectivity index (χ0) is 21.8. The molecule has 1 aromatic carbocycles. The van der Waals surface area contributed by atoms with Crippen LogP contribution in [0.5, 0.6) is 0 Å². The molecule has 1 aromatic heterocycles. The van der Waals surface area contributed by atoms with E-state index in [0.717, 1.165) is 69.2 Å². The molecule has 0 bridgehead atoms. The summed E-state index contributed by atoms with van der Waals surface area (Å²) in [6.45, 7) is 2.74. The predicted octanol–water partition coefficient (Wildman–Crippen LogP) is 1.68. The standard InChI is InChI=1S/C21H33N7O2S/c22-13-15-2-4-16(5-3-15)18-8-7-17(6-1-14-9-11-24-12-10-14)20(31(23,29)30)19(18)21-25-27-28-26-21/h7-8,14-16,24H,1-6,9-13,22H2,(H2,23,29,30)(H,25,26,27,28)/t15-,16-. The zero-order valence-corrected chi connectivity index (χ0v) is 18.7. The number of H-pyrrole nitrogens is 1. The van der Waals surface area contributed by atoms with Crippen molar-refractivity contribution in [2.75, 3.05) is 19.6 Å². The number of hydrogen-bond acceptors (Lipinski definition) is 7. The molecule has 0 unspecified atom stereocenters. The summed E-state index contributed by atoms with van der Waals surface area (Å²) in [5.74, 6) is 1.73. The van der Waals surface area contributed by atoms with E-state index in [4.69, 9.17) is 10.9 Å². The Kier molecular flexibility index (Phi) is 7.00. The van der Waals surface area contributed by atoms with Gasteiger partial charge in [-0.25, -0.2) is 18.7 Å². The quantitative estimate of drug-likeness (QED) is 0.503. The second kappa shape index (κ2) is 9.72. The summed E-state index contributed by atoms with van der Waals surface area (Å²) in [5.41, 5.74) is 8.12. The summed E-state index contributed by atoms with van der Waals surface area (Å²) in [7, 11) is -3.97. The molecule has 9 nitrogen and oxygen atoms in total. The van der Waals surface area contributed by atoms with Crippen molar-refractivity contribution >= 4 is 10.0 Å². The monoisotopic (exact) mass is 447 g/mol. The lowest BCUT2D eigenvalue weighted by atomic mass is 9.77. The van der Waals surface area contributed by atoms with Crippen molar-refractivity contribution in [1.82, 2.24) is 25.9 Å². The Hall–Kier alpha value is -1.88. The minimum absolute atomic E-state index is 0.179. The van der Waals surface area contributed by atoms with Crippen LogP contribution in [-0.2, 0) is 16.4 Å². The number of aromatic amines is 1. The Labute approximate surface area is 183 Å². The number of aryl methyl sites for hydroxylation is 1. The molecule has 2 aliphatic rings. The Morgan fingerprint density at radius 2 is 1.77 bits per heavy atom. The van der Waals surface area contributed by atoms with Gasteiger partial charge in [-0.05, 0) is 110 Å². The Balaban J connectivity index is 1.73. The third kappa shape index (κ3) is 5.14. The van der Waals surface area contributed by atoms with Crippen LogP contribution < -0.4 is 16.2 Å². The molecule has 2 heterocycles. The van der Waals surface area contributed by atoms with Crippen LogP contribution in [0.15, 0.2) is 17.0 Å². The molecule has 170 valence electrons. The molecule has 2 fully saturated rings. The maximum Gasteiger partial charge on any atom is 0.239 e. The average molecular weight is 448 g/mol. The minimum Gasteiger partial charge on any atom is -0.330 e. The van der Waals surface area contributed by atoms with Gasteiger partial charge in [-0.15, -0.1) is 5.10 Å². The van der Waals surface area contributed by atoms with Crippen LogP contribution >= 0.6 is 0 Å². The van der Waals surface area contributed by atoms with Gasteiger partial charge >= 0.3 is 0 Å². The summed E-state index contributed by atoms with van der Waals surface area (Å²) in [6, 6.07) is 4.02. The second-order valence-electron chi connectivity index (χ2n) is 9.00. The van der Waals surface area contributed by atoms with Crippen molar-refractivity contribution in [2.45, 2.75) is 62.2 Å². The molecule has 1 aliphatic carbocycles. The Bertz CT molecular complexity index is 964. The Morgan fingerprint density at radius 3 is 2.39 bits per heavy atom. The highest BCUT2D eigenvalue weighted by Gasteiger charge is 2.30. The van der Waals surface area contributed by atoms with Gasteiger partial charge in [-0.2, -0.15) is 0 Å². The fourth-order valence-electron chi connectivity index (χ4n) is 5.25. The smallest absolute Gasteiger partial charge is 0.239 e. The van der Waals surface area contributed by atoms with E-state index in [1.54, 1.807) is 0 Å². The van der Waals surface area contributed by atoms with Gasteiger partial charge in [-0.3, -0.25) is 0 Å². The number of nitrogens with zero attached hydrogens (tertiary/aromatic N) is 3. The first kappa shape index (κ1) is 22.3. The van der Waals surface area contributed by atoms with Gasteiger partial charge in [0.1, 0.15) is 0 Å². The number of benzene rings is 1. The SMILES string of the molecule is NC[C@H]1CC[C@H](c2ccc(CCC3CCNCC3)c(S(N)(=O)=O)c2-c2nnn[nH]2)CC1. The molecule has 31 heavy (non-hydrogen) atoms. The number of tetrazole rings is 1. The maximum absolute atomic E-state index is 12.8. The topological polar surface area (TPSA) is 153 Å². The molecule has 1 saturated carbocycles. The van der Waals surface area contributed by atoms with Crippen molar-refractivity contribution in [2.24, 2.45) is 22.7 Å². The van der Waals surface area contributed by atoms with E-state index in [1.165, 1.54) is 0 Å². The third-order valence-corrected chi connectivity index (χ3v) is 8.07. The maximum atomic E-state index is 12.8. The number of rotatable bonds is 7. The number of nitrogens with one attached hydrogen (secondary N) is 2. The first-order valence-corrected chi connectivity index (χ1v) is 12.9. The van der Waals surface area contributed by atoms with Crippen molar-refractivity contribution < 1.29 is 8.42 Å². The highest BCUT2D eigenvalue weighted by molar-refractivity contribution is 7.89. The lowest BCUT2D eigenvalue weighted by Crippen LogP contribution is -2.28. The number of primary sulfonamides is 1. The van der Waals surface area contributed by atoms with Gasteiger partial charge in [0.25, 0.3) is 0 Å². The normalized spacial score (nSPS) is 23.2. The van der Waals surface area contributed by atoms with E-state index >= 15 is 0 Å². The fraction of sp³-hybridized carbons (Fsp3) is 0.667. The van der Waals surface area contributed by atoms with Gasteiger partial charge < -0.3 is 11.1 Å². The molecule has 0 atom stereocenters. The molecule has 10 heteroatoms. The van der Waals surface area contributed by atoms with E-state index in [9.17, 15) is 8.42 Å². The Morgan fingerprint density at radius 1 is 1.03 bits per heavy atom. The summed E-state index contributed by atoms with van der Waals surface area (Å²) in [6.07, 6.45) is 7.86. The summed E-state index contributed by atoms with van der Waals surface area (Å²) < 4.78 is 25.6. The lowest BCUT2D eigenvalue weighted by Gasteiger charge is -2.30. The molecular formula is C21H33N7O2S. The predicted molar refractivity (Wildman–Crippen MR) is 119 cm³/mol. The van der Waals surface area contributed by atoms with Crippen molar-refractivity contribution in [3.05, 3.63) is 23.3 Å². The van der Waals surface area contributed by atoms with Crippen LogP contribution in [0, 0.1) is 11.8 Å². The first-order chi connectivity index (χ1) is 15.0. The van der Waals surface area contributed by atoms with Crippen LogP contribution in [0.2, 0.25) is 0 Å². The molecule has 0 amide bonds. The van der Waals surface area contributed by atoms with Crippen molar-refractivity contribution in [3.63, 3.8) is 0 Å². The molecule has 0 radical (unpaired) electrons. The van der Waals surface area contributed by atoms with Gasteiger partial charge in [-0.1, -0.05) is 12.1 Å². The van der Waals surface area contributed by atoms with Crippen LogP contribution in [0.1, 0.15) is 62.0 Å². The van der Waals surface area contributed by atoms with E-state index in [2.05, 4.69) is 32.0 Å². The fourth-order valence-corrected chi connectivity index (χ4v) is 6.29. The summed E-state index contributed by atoms with van der Waals surface area (Å²) in [4.78, 5) is 0.179. The van der Waals surface area contributed by atoms with Crippen molar-refractivity contribution in [1.29, 1.82) is 0 Å². The van der Waals surface area contributed by atoms with E-state index in [1.807, 2.05) is 6.07 Å². The number of aromatic nitrogens is 4. The second-order valence-corrected chi connectivity index (χ2v) is 10.5. The first-order valence-electron chi connectivity index (χ1n) is 11.3. The number of sulfonamides is 1. The molecule has 6 N–H and O–H groups in total. The number of piperidine rings is 1. The summed E-state index contributed by atoms with van der Waals surface area (Å²) in [5, 5.41) is 23.4. The highest BCUT2D eigenvalue weighted by atomic mass is 32.2. The minimum atomic E-state index is -3.97. The van der Waals surface area contributed by atoms with E-state index < -0.39 is 10.0 Å². The van der Waals surface area contributed by atoms with E-state index in [-0.39, 0.29) is 10.8 Å². The molecule has 0 spiro atoms. The highest BCUT2D eigenvalue weighted by Crippen LogP contribution is 2.42. The third-order valence-electron chi connectivity index (χ3n) is 7.04. The molecule has 1 saturated heterocycles.